The maximum Gasteiger partial charge on any atom is 0.225 e. The van der Waals surface area contributed by atoms with E-state index in [-0.39, 0.29) is 5.91 Å². The molecule has 2 aromatic rings. The maximum atomic E-state index is 12.3. The van der Waals surface area contributed by atoms with Gasteiger partial charge in [0.15, 0.2) is 17.9 Å². The summed E-state index contributed by atoms with van der Waals surface area (Å²) in [5.41, 5.74) is 1.05. The van der Waals surface area contributed by atoms with Crippen LogP contribution in [0, 0.1) is 0 Å². The van der Waals surface area contributed by atoms with Crippen LogP contribution in [-0.2, 0) is 9.53 Å². The average molecular weight is 404 g/mol. The summed E-state index contributed by atoms with van der Waals surface area (Å²) in [5.74, 6) is 0.751. The zero-order valence-electron chi connectivity index (χ0n) is 16.2. The summed E-state index contributed by atoms with van der Waals surface area (Å²) >= 11 is 0. The van der Waals surface area contributed by atoms with Gasteiger partial charge in [-0.3, -0.25) is 4.79 Å². The van der Waals surface area contributed by atoms with E-state index in [1.807, 2.05) is 6.92 Å². The number of carbonyl (C=O) groups is 1. The number of hydrogen-bond acceptors (Lipinski definition) is 9. The van der Waals surface area contributed by atoms with Crippen LogP contribution in [0.25, 0.3) is 11.0 Å². The minimum atomic E-state index is -1.26. The molecular weight excluding hydrogens is 380 g/mol. The van der Waals surface area contributed by atoms with E-state index in [0.29, 0.717) is 34.7 Å². The number of amidine groups is 1. The molecule has 1 amide bonds. The summed E-state index contributed by atoms with van der Waals surface area (Å²) in [6.07, 6.45) is 0.736. The predicted molar refractivity (Wildman–Crippen MR) is 103 cm³/mol. The smallest absolute Gasteiger partial charge is 0.225 e. The largest absolute Gasteiger partial charge is 0.394 e. The van der Waals surface area contributed by atoms with Gasteiger partial charge in [-0.2, -0.15) is 5.10 Å². The third-order valence-corrected chi connectivity index (χ3v) is 5.21. The van der Waals surface area contributed by atoms with Crippen LogP contribution in [0.2, 0.25) is 0 Å². The van der Waals surface area contributed by atoms with Gasteiger partial charge in [0.2, 0.25) is 5.91 Å². The highest BCUT2D eigenvalue weighted by Gasteiger charge is 2.44. The molecule has 0 aromatic carbocycles. The second-order valence-corrected chi connectivity index (χ2v) is 7.20. The van der Waals surface area contributed by atoms with Crippen molar-refractivity contribution < 1.29 is 24.9 Å². The van der Waals surface area contributed by atoms with E-state index in [0.717, 1.165) is 12.8 Å². The monoisotopic (exact) mass is 404 g/mol. The van der Waals surface area contributed by atoms with Gasteiger partial charge in [-0.05, 0) is 6.42 Å². The number of unbranched alkanes of at least 4 members (excludes halogenated alkanes) is 1. The molecule has 4 atom stereocenters. The zero-order valence-corrected chi connectivity index (χ0v) is 16.2. The summed E-state index contributed by atoms with van der Waals surface area (Å²) in [6.45, 7) is 1.58. The van der Waals surface area contributed by atoms with E-state index < -0.39 is 31.1 Å². The number of rotatable bonds is 5. The lowest BCUT2D eigenvalue weighted by Crippen LogP contribution is -2.35. The van der Waals surface area contributed by atoms with Crippen LogP contribution < -0.4 is 10.3 Å². The fourth-order valence-corrected chi connectivity index (χ4v) is 3.67. The first-order chi connectivity index (χ1) is 14.0. The summed E-state index contributed by atoms with van der Waals surface area (Å²) in [4.78, 5) is 20.9. The van der Waals surface area contributed by atoms with Gasteiger partial charge >= 0.3 is 0 Å². The number of amides is 1. The van der Waals surface area contributed by atoms with E-state index in [9.17, 15) is 20.1 Å². The van der Waals surface area contributed by atoms with Gasteiger partial charge < -0.3 is 29.9 Å². The van der Waals surface area contributed by atoms with Gasteiger partial charge in [0.05, 0.1) is 17.6 Å². The van der Waals surface area contributed by atoms with E-state index in [1.54, 1.807) is 22.8 Å². The first kappa shape index (κ1) is 19.7. The van der Waals surface area contributed by atoms with Gasteiger partial charge in [-0.15, -0.1) is 0 Å². The number of aliphatic hydroxyl groups is 3. The van der Waals surface area contributed by atoms with Crippen molar-refractivity contribution in [1.82, 2.24) is 19.9 Å². The Morgan fingerprint density at radius 1 is 1.31 bits per heavy atom. The number of nitrogens with zero attached hydrogens (tertiary/aromatic N) is 5. The number of anilines is 1. The fourth-order valence-electron chi connectivity index (χ4n) is 3.67. The standard InChI is InChI=1S/C18H24N6O5/c1-3-4-5-11(26)21-15-9-6-24(18-14(28)13(27)10(7-25)29-18)17-12(9)16(19-8-20-17)23(2)22-15/h6,8,10,13-14,18,25,27-28H,3-5,7H2,1-2H3,(H,21,22,26)/t10-,13-,14-,18?/m1/s1. The highest BCUT2D eigenvalue weighted by molar-refractivity contribution is 6.18. The van der Waals surface area contributed by atoms with Crippen LogP contribution in [0.3, 0.4) is 0 Å². The zero-order chi connectivity index (χ0) is 20.7. The molecule has 2 aliphatic heterocycles. The lowest BCUT2D eigenvalue weighted by molar-refractivity contribution is -0.119. The summed E-state index contributed by atoms with van der Waals surface area (Å²) < 4.78 is 7.23. The predicted octanol–water partition coefficient (Wildman–Crippen LogP) is -0.539. The van der Waals surface area contributed by atoms with E-state index >= 15 is 0 Å². The topological polar surface area (TPSA) is 145 Å². The SMILES string of the molecule is CCCCC(=O)NC1=NN(C)c2ncnc3c2c1cn3C1O[C@H](CO)[C@@H](O)[C@H]1O. The molecule has 0 radical (unpaired) electrons. The molecule has 4 rings (SSSR count). The normalized spacial score (nSPS) is 26.1. The Morgan fingerprint density at radius 3 is 2.79 bits per heavy atom. The molecule has 2 aliphatic rings. The van der Waals surface area contributed by atoms with Crippen molar-refractivity contribution in [3.8, 4) is 0 Å². The number of hydrazone groups is 1. The van der Waals surface area contributed by atoms with Crippen LogP contribution in [-0.4, -0.2) is 73.6 Å². The highest BCUT2D eigenvalue weighted by Crippen LogP contribution is 2.37. The molecule has 0 bridgehead atoms. The summed E-state index contributed by atoms with van der Waals surface area (Å²) in [7, 11) is 1.71. The number of nitrogens with one attached hydrogen (secondary N) is 1. The third kappa shape index (κ3) is 3.25. The van der Waals surface area contributed by atoms with Crippen LogP contribution >= 0.6 is 0 Å². The van der Waals surface area contributed by atoms with E-state index in [4.69, 9.17) is 4.74 Å². The lowest BCUT2D eigenvalue weighted by Gasteiger charge is -2.21. The van der Waals surface area contributed by atoms with Gasteiger partial charge in [0.25, 0.3) is 0 Å². The molecule has 11 heteroatoms. The van der Waals surface area contributed by atoms with E-state index in [2.05, 4.69) is 20.4 Å². The van der Waals surface area contributed by atoms with Crippen LogP contribution in [0.5, 0.6) is 0 Å². The fraction of sp³-hybridized carbons (Fsp3) is 0.556. The second-order valence-electron chi connectivity index (χ2n) is 7.20. The first-order valence-corrected chi connectivity index (χ1v) is 9.56. The van der Waals surface area contributed by atoms with Gasteiger partial charge in [0.1, 0.15) is 30.3 Å². The van der Waals surface area contributed by atoms with Crippen molar-refractivity contribution >= 4 is 28.6 Å². The van der Waals surface area contributed by atoms with Gasteiger partial charge in [-0.1, -0.05) is 13.3 Å². The Kier molecular flexibility index (Phi) is 5.21. The van der Waals surface area contributed by atoms with Crippen molar-refractivity contribution in [1.29, 1.82) is 0 Å². The molecule has 4 heterocycles. The molecule has 29 heavy (non-hydrogen) atoms. The summed E-state index contributed by atoms with van der Waals surface area (Å²) in [5, 5.41) is 39.4. The number of hydrogen-bond donors (Lipinski definition) is 4. The number of carbonyl (C=O) groups excluding carboxylic acids is 1. The van der Waals surface area contributed by atoms with Crippen molar-refractivity contribution in [2.75, 3.05) is 18.7 Å². The van der Waals surface area contributed by atoms with Gasteiger partial charge in [0, 0.05) is 19.7 Å². The van der Waals surface area contributed by atoms with Crippen LogP contribution in [0.1, 0.15) is 38.0 Å². The Hall–Kier alpha value is -2.60. The van der Waals surface area contributed by atoms with E-state index in [1.165, 1.54) is 6.33 Å². The van der Waals surface area contributed by atoms with Crippen molar-refractivity contribution in [3.63, 3.8) is 0 Å². The van der Waals surface area contributed by atoms with Crippen LogP contribution in [0.15, 0.2) is 17.6 Å². The Labute approximate surface area is 166 Å². The molecule has 0 saturated carbocycles. The summed E-state index contributed by atoms with van der Waals surface area (Å²) in [6, 6.07) is 0. The average Bonchev–Trinajstić information content (AvgIpc) is 3.23. The molecule has 0 aliphatic carbocycles. The van der Waals surface area contributed by atoms with Crippen molar-refractivity contribution in [3.05, 3.63) is 18.1 Å². The van der Waals surface area contributed by atoms with Crippen molar-refractivity contribution in [2.24, 2.45) is 5.10 Å². The molecule has 1 saturated heterocycles. The third-order valence-electron chi connectivity index (χ3n) is 5.21. The molecule has 1 fully saturated rings. The molecule has 11 nitrogen and oxygen atoms in total. The highest BCUT2D eigenvalue weighted by atomic mass is 16.6. The molecule has 4 N–H and O–H groups in total. The minimum absolute atomic E-state index is 0.145. The Balaban J connectivity index is 1.76. The Bertz CT molecular complexity index is 960. The number of aromatic nitrogens is 3. The minimum Gasteiger partial charge on any atom is -0.394 e. The molecule has 1 unspecified atom stereocenters. The quantitative estimate of drug-likeness (QED) is 0.520. The molecular formula is C18H24N6O5. The molecule has 0 spiro atoms. The van der Waals surface area contributed by atoms with Crippen LogP contribution in [0.4, 0.5) is 5.82 Å². The lowest BCUT2D eigenvalue weighted by atomic mass is 10.1. The second kappa shape index (κ2) is 7.67. The Morgan fingerprint density at radius 2 is 2.10 bits per heavy atom. The molecule has 2 aromatic heterocycles. The molecule has 156 valence electrons. The maximum absolute atomic E-state index is 12.3. The number of ether oxygens (including phenoxy) is 1. The first-order valence-electron chi connectivity index (χ1n) is 9.56. The van der Waals surface area contributed by atoms with Crippen molar-refractivity contribution in [2.45, 2.75) is 50.7 Å². The number of aliphatic hydroxyl groups excluding tert-OH is 3. The van der Waals surface area contributed by atoms with Gasteiger partial charge in [-0.25, -0.2) is 15.0 Å².